The summed E-state index contributed by atoms with van der Waals surface area (Å²) in [7, 11) is 3.19. The van der Waals surface area contributed by atoms with Gasteiger partial charge in [-0.3, -0.25) is 9.69 Å². The van der Waals surface area contributed by atoms with Gasteiger partial charge < -0.3 is 18.9 Å². The van der Waals surface area contributed by atoms with E-state index in [0.717, 1.165) is 5.56 Å². The molecule has 0 radical (unpaired) electrons. The lowest BCUT2D eigenvalue weighted by molar-refractivity contribution is -0.135. The number of hydrogen-bond acceptors (Lipinski definition) is 6. The Labute approximate surface area is 192 Å². The average molecular weight is 447 g/mol. The van der Waals surface area contributed by atoms with E-state index >= 15 is 0 Å². The number of benzene rings is 3. The summed E-state index contributed by atoms with van der Waals surface area (Å²) in [6, 6.07) is 21.0. The first kappa shape index (κ1) is 22.2. The van der Waals surface area contributed by atoms with Crippen LogP contribution in [0.15, 0.2) is 72.8 Å². The molecule has 4 rings (SSSR count). The number of hydrogen-bond donors (Lipinski definition) is 0. The van der Waals surface area contributed by atoms with E-state index in [4.69, 9.17) is 18.9 Å². The Hall–Kier alpha value is -4.00. The van der Waals surface area contributed by atoms with Gasteiger partial charge in [0.1, 0.15) is 23.3 Å². The molecule has 7 heteroatoms. The highest BCUT2D eigenvalue weighted by atomic mass is 16.5. The van der Waals surface area contributed by atoms with Gasteiger partial charge in [-0.05, 0) is 61.5 Å². The number of nitrogens with zero attached hydrogens (tertiary/aromatic N) is 1. The number of carbonyl (C=O) groups is 2. The van der Waals surface area contributed by atoms with Crippen LogP contribution in [0.1, 0.15) is 28.9 Å². The first-order valence-corrected chi connectivity index (χ1v) is 10.6. The number of amides is 1. The SMILES string of the molecule is CCOC(=O)c1ccc(N2C(=O)[C@H](Oc3ccc(OC)cc3)[C@@H]2c2ccccc2OC)cc1. The molecular formula is C26H25NO6. The van der Waals surface area contributed by atoms with Crippen molar-refractivity contribution in [3.63, 3.8) is 0 Å². The number of ether oxygens (including phenoxy) is 4. The van der Waals surface area contributed by atoms with E-state index in [1.807, 2.05) is 24.3 Å². The molecule has 0 spiro atoms. The molecule has 0 aliphatic carbocycles. The predicted molar refractivity (Wildman–Crippen MR) is 123 cm³/mol. The molecule has 3 aromatic rings. The lowest BCUT2D eigenvalue weighted by Gasteiger charge is -2.47. The minimum atomic E-state index is -0.737. The maximum absolute atomic E-state index is 13.2. The zero-order valence-corrected chi connectivity index (χ0v) is 18.7. The standard InChI is InChI=1S/C26H25NO6/c1-4-32-26(29)17-9-11-18(12-10-17)27-23(21-7-5-6-8-22(21)31-3)24(25(27)28)33-20-15-13-19(30-2)14-16-20/h5-16,23-24H,4H2,1-3H3/t23-,24+/m0/s1. The van der Waals surface area contributed by atoms with Gasteiger partial charge in [-0.2, -0.15) is 0 Å². The molecule has 1 fully saturated rings. The quantitative estimate of drug-likeness (QED) is 0.376. The molecule has 170 valence electrons. The summed E-state index contributed by atoms with van der Waals surface area (Å²) in [5.74, 6) is 1.33. The number of esters is 1. The molecule has 1 aliphatic rings. The molecule has 2 atom stereocenters. The van der Waals surface area contributed by atoms with Gasteiger partial charge in [0.25, 0.3) is 5.91 Å². The van der Waals surface area contributed by atoms with Gasteiger partial charge in [0, 0.05) is 11.3 Å². The van der Waals surface area contributed by atoms with Crippen molar-refractivity contribution >= 4 is 17.6 Å². The summed E-state index contributed by atoms with van der Waals surface area (Å²) in [4.78, 5) is 26.9. The van der Waals surface area contributed by atoms with Crippen molar-refractivity contribution in [2.75, 3.05) is 25.7 Å². The zero-order valence-electron chi connectivity index (χ0n) is 18.7. The molecule has 0 saturated carbocycles. The summed E-state index contributed by atoms with van der Waals surface area (Å²) in [5.41, 5.74) is 1.90. The lowest BCUT2D eigenvalue weighted by atomic mass is 9.89. The van der Waals surface area contributed by atoms with Gasteiger partial charge in [0.2, 0.25) is 6.10 Å². The van der Waals surface area contributed by atoms with Crippen molar-refractivity contribution in [3.8, 4) is 17.2 Å². The Morgan fingerprint density at radius 1 is 0.879 bits per heavy atom. The molecule has 33 heavy (non-hydrogen) atoms. The van der Waals surface area contributed by atoms with Crippen LogP contribution in [0, 0.1) is 0 Å². The fraction of sp³-hybridized carbons (Fsp3) is 0.231. The van der Waals surface area contributed by atoms with Crippen molar-refractivity contribution in [1.82, 2.24) is 0 Å². The van der Waals surface area contributed by atoms with E-state index in [9.17, 15) is 9.59 Å². The first-order valence-electron chi connectivity index (χ1n) is 10.6. The first-order chi connectivity index (χ1) is 16.1. The van der Waals surface area contributed by atoms with Crippen molar-refractivity contribution in [2.45, 2.75) is 19.1 Å². The van der Waals surface area contributed by atoms with E-state index in [0.29, 0.717) is 35.1 Å². The van der Waals surface area contributed by atoms with Crippen LogP contribution in [-0.4, -0.2) is 38.8 Å². The van der Waals surface area contributed by atoms with E-state index < -0.39 is 18.1 Å². The number of para-hydroxylation sites is 1. The number of β-lactam (4-membered cyclic amide) rings is 1. The van der Waals surface area contributed by atoms with Crippen LogP contribution >= 0.6 is 0 Å². The lowest BCUT2D eigenvalue weighted by Crippen LogP contribution is -2.61. The molecule has 7 nitrogen and oxygen atoms in total. The van der Waals surface area contributed by atoms with Crippen LogP contribution < -0.4 is 19.1 Å². The molecule has 0 aromatic heterocycles. The molecule has 0 unspecified atom stereocenters. The topological polar surface area (TPSA) is 74.3 Å². The maximum Gasteiger partial charge on any atom is 0.338 e. The van der Waals surface area contributed by atoms with Crippen LogP contribution in [0.25, 0.3) is 0 Å². The molecule has 1 aliphatic heterocycles. The van der Waals surface area contributed by atoms with Crippen molar-refractivity contribution in [2.24, 2.45) is 0 Å². The number of rotatable bonds is 8. The Bertz CT molecular complexity index is 1130. The average Bonchev–Trinajstić information content (AvgIpc) is 2.86. The number of methoxy groups -OCH3 is 2. The second-order valence-electron chi connectivity index (χ2n) is 7.38. The second-order valence-corrected chi connectivity index (χ2v) is 7.38. The van der Waals surface area contributed by atoms with Crippen molar-refractivity contribution in [1.29, 1.82) is 0 Å². The molecule has 1 heterocycles. The van der Waals surface area contributed by atoms with Gasteiger partial charge in [0.05, 0.1) is 26.4 Å². The molecule has 1 amide bonds. The third kappa shape index (κ3) is 4.35. The van der Waals surface area contributed by atoms with Crippen LogP contribution in [0.3, 0.4) is 0 Å². The minimum absolute atomic E-state index is 0.189. The van der Waals surface area contributed by atoms with Gasteiger partial charge in [-0.15, -0.1) is 0 Å². The Morgan fingerprint density at radius 3 is 2.18 bits per heavy atom. The second kappa shape index (κ2) is 9.65. The highest BCUT2D eigenvalue weighted by Crippen LogP contribution is 2.44. The summed E-state index contributed by atoms with van der Waals surface area (Å²) in [6.07, 6.45) is -0.737. The van der Waals surface area contributed by atoms with Crippen LogP contribution in [0.5, 0.6) is 17.2 Å². The summed E-state index contributed by atoms with van der Waals surface area (Å²) < 4.78 is 21.9. The number of carbonyl (C=O) groups excluding carboxylic acids is 2. The van der Waals surface area contributed by atoms with Crippen LogP contribution in [-0.2, 0) is 9.53 Å². The Balaban J connectivity index is 1.66. The summed E-state index contributed by atoms with van der Waals surface area (Å²) >= 11 is 0. The Morgan fingerprint density at radius 2 is 1.55 bits per heavy atom. The van der Waals surface area contributed by atoms with E-state index in [1.165, 1.54) is 0 Å². The smallest absolute Gasteiger partial charge is 0.338 e. The molecule has 0 bridgehead atoms. The third-order valence-corrected chi connectivity index (χ3v) is 5.48. The summed E-state index contributed by atoms with van der Waals surface area (Å²) in [6.45, 7) is 2.05. The van der Waals surface area contributed by atoms with Gasteiger partial charge in [0.15, 0.2) is 0 Å². The minimum Gasteiger partial charge on any atom is -0.497 e. The fourth-order valence-corrected chi connectivity index (χ4v) is 3.85. The molecule has 1 saturated heterocycles. The molecule has 3 aromatic carbocycles. The largest absolute Gasteiger partial charge is 0.497 e. The normalized spacial score (nSPS) is 17.2. The predicted octanol–water partition coefficient (Wildman–Crippen LogP) is 4.42. The molecule has 0 N–H and O–H groups in total. The van der Waals surface area contributed by atoms with E-state index in [-0.39, 0.29) is 5.91 Å². The van der Waals surface area contributed by atoms with Crippen LogP contribution in [0.4, 0.5) is 5.69 Å². The zero-order chi connectivity index (χ0) is 23.4. The Kier molecular flexibility index (Phi) is 6.49. The number of anilines is 1. The maximum atomic E-state index is 13.2. The fourth-order valence-electron chi connectivity index (χ4n) is 3.85. The van der Waals surface area contributed by atoms with Crippen LogP contribution in [0.2, 0.25) is 0 Å². The van der Waals surface area contributed by atoms with Gasteiger partial charge >= 0.3 is 5.97 Å². The third-order valence-electron chi connectivity index (χ3n) is 5.48. The van der Waals surface area contributed by atoms with Crippen molar-refractivity contribution in [3.05, 3.63) is 83.9 Å². The monoisotopic (exact) mass is 447 g/mol. The molecular weight excluding hydrogens is 422 g/mol. The van der Waals surface area contributed by atoms with E-state index in [1.54, 1.807) is 74.6 Å². The van der Waals surface area contributed by atoms with Gasteiger partial charge in [-0.1, -0.05) is 18.2 Å². The van der Waals surface area contributed by atoms with E-state index in [2.05, 4.69) is 0 Å². The van der Waals surface area contributed by atoms with Gasteiger partial charge in [-0.25, -0.2) is 4.79 Å². The van der Waals surface area contributed by atoms with Crippen molar-refractivity contribution < 1.29 is 28.5 Å². The highest BCUT2D eigenvalue weighted by molar-refractivity contribution is 6.05. The summed E-state index contributed by atoms with van der Waals surface area (Å²) in [5, 5.41) is 0. The highest BCUT2D eigenvalue weighted by Gasteiger charge is 2.52.